The van der Waals surface area contributed by atoms with Crippen molar-refractivity contribution in [1.29, 1.82) is 0 Å². The maximum atomic E-state index is 12.6. The Bertz CT molecular complexity index is 1200. The topological polar surface area (TPSA) is 132 Å². The fraction of sp³-hybridized carbons (Fsp3) is 0.136. The number of hydrogen-bond acceptors (Lipinski definition) is 8. The number of nitrogens with one attached hydrogen (secondary N) is 2. The molecule has 1 amide bonds. The molecule has 4 rings (SSSR count). The van der Waals surface area contributed by atoms with Gasteiger partial charge in [-0.3, -0.25) is 9.78 Å². The molecule has 3 heterocycles. The third-order valence-corrected chi connectivity index (χ3v) is 4.68. The average molecular weight is 415 g/mol. The van der Waals surface area contributed by atoms with Gasteiger partial charge in [-0.15, -0.1) is 0 Å². The zero-order valence-electron chi connectivity index (χ0n) is 17.1. The van der Waals surface area contributed by atoms with Crippen molar-refractivity contribution in [1.82, 2.24) is 20.1 Å². The molecule has 0 aliphatic carbocycles. The fourth-order valence-corrected chi connectivity index (χ4v) is 3.14. The molecule has 0 atom stereocenters. The highest BCUT2D eigenvalue weighted by atomic mass is 16.5. The summed E-state index contributed by atoms with van der Waals surface area (Å²) in [4.78, 5) is 25.2. The van der Waals surface area contributed by atoms with Crippen LogP contribution < -0.4 is 16.4 Å². The predicted octanol–water partition coefficient (Wildman–Crippen LogP) is 3.59. The van der Waals surface area contributed by atoms with Gasteiger partial charge >= 0.3 is 0 Å². The maximum absolute atomic E-state index is 12.6. The number of aryl methyl sites for hydroxylation is 2. The molecule has 0 aliphatic rings. The number of nitrogen functional groups attached to an aromatic ring is 1. The summed E-state index contributed by atoms with van der Waals surface area (Å²) in [5.41, 5.74) is 10.6. The molecule has 0 spiro atoms. The van der Waals surface area contributed by atoms with E-state index in [4.69, 9.17) is 10.3 Å². The number of rotatable bonds is 6. The number of pyridine rings is 1. The van der Waals surface area contributed by atoms with Crippen LogP contribution >= 0.6 is 0 Å². The first-order valence-electron chi connectivity index (χ1n) is 9.61. The zero-order chi connectivity index (χ0) is 21.8. The summed E-state index contributed by atoms with van der Waals surface area (Å²) >= 11 is 0. The second-order valence-corrected chi connectivity index (χ2v) is 6.93. The van der Waals surface area contributed by atoms with Crippen LogP contribution in [0.4, 0.5) is 17.2 Å². The number of carbonyl (C=O) groups is 1. The Hall–Kier alpha value is -4.27. The molecule has 0 fully saturated rings. The molecule has 0 saturated heterocycles. The van der Waals surface area contributed by atoms with Crippen LogP contribution in [0.2, 0.25) is 0 Å². The van der Waals surface area contributed by atoms with Crippen LogP contribution in [-0.2, 0) is 6.54 Å². The van der Waals surface area contributed by atoms with E-state index in [0.717, 1.165) is 22.5 Å². The van der Waals surface area contributed by atoms with Gasteiger partial charge in [0.1, 0.15) is 17.3 Å². The summed E-state index contributed by atoms with van der Waals surface area (Å²) in [6, 6.07) is 11.2. The number of anilines is 3. The minimum atomic E-state index is -0.348. The van der Waals surface area contributed by atoms with Crippen LogP contribution in [0, 0.1) is 13.8 Å². The van der Waals surface area contributed by atoms with Crippen molar-refractivity contribution >= 4 is 23.1 Å². The second kappa shape index (κ2) is 8.62. The van der Waals surface area contributed by atoms with E-state index >= 15 is 0 Å². The Morgan fingerprint density at radius 1 is 1.10 bits per heavy atom. The van der Waals surface area contributed by atoms with Gasteiger partial charge < -0.3 is 20.9 Å². The van der Waals surface area contributed by atoms with Crippen molar-refractivity contribution < 1.29 is 9.32 Å². The van der Waals surface area contributed by atoms with Crippen LogP contribution in [0.5, 0.6) is 0 Å². The number of amides is 1. The molecule has 9 nitrogen and oxygen atoms in total. The zero-order valence-corrected chi connectivity index (χ0v) is 17.1. The smallest absolute Gasteiger partial charge is 0.275 e. The molecule has 4 aromatic rings. The van der Waals surface area contributed by atoms with Crippen LogP contribution in [0.3, 0.4) is 0 Å². The molecule has 3 aromatic heterocycles. The maximum Gasteiger partial charge on any atom is 0.275 e. The van der Waals surface area contributed by atoms with E-state index in [-0.39, 0.29) is 11.6 Å². The SMILES string of the molecule is Cc1noc(C)c1-c1cnc(C(=O)Nc2cccc(CNc3cccnc3N)c2)cn1. The molecule has 0 unspecified atom stereocenters. The van der Waals surface area contributed by atoms with Gasteiger partial charge in [0, 0.05) is 18.4 Å². The Morgan fingerprint density at radius 3 is 2.68 bits per heavy atom. The van der Waals surface area contributed by atoms with Gasteiger partial charge in [0.05, 0.1) is 35.0 Å². The Kier molecular flexibility index (Phi) is 5.57. The van der Waals surface area contributed by atoms with Crippen molar-refractivity contribution in [2.24, 2.45) is 0 Å². The van der Waals surface area contributed by atoms with Crippen molar-refractivity contribution in [2.45, 2.75) is 20.4 Å². The van der Waals surface area contributed by atoms with E-state index in [2.05, 4.69) is 30.7 Å². The summed E-state index contributed by atoms with van der Waals surface area (Å²) in [5, 5.41) is 10.00. The van der Waals surface area contributed by atoms with E-state index < -0.39 is 0 Å². The van der Waals surface area contributed by atoms with E-state index in [0.29, 0.717) is 29.5 Å². The summed E-state index contributed by atoms with van der Waals surface area (Å²) in [6.45, 7) is 4.17. The lowest BCUT2D eigenvalue weighted by Crippen LogP contribution is -2.14. The van der Waals surface area contributed by atoms with Gasteiger partial charge in [-0.1, -0.05) is 17.3 Å². The van der Waals surface area contributed by atoms with Crippen LogP contribution in [0.25, 0.3) is 11.3 Å². The number of carbonyl (C=O) groups excluding carboxylic acids is 1. The molecule has 9 heteroatoms. The van der Waals surface area contributed by atoms with Crippen LogP contribution in [-0.4, -0.2) is 26.0 Å². The number of nitrogens with two attached hydrogens (primary N) is 1. The Balaban J connectivity index is 1.43. The van der Waals surface area contributed by atoms with Crippen molar-refractivity contribution in [3.05, 3.63) is 77.7 Å². The highest BCUT2D eigenvalue weighted by molar-refractivity contribution is 6.02. The van der Waals surface area contributed by atoms with E-state index in [9.17, 15) is 4.79 Å². The minimum absolute atomic E-state index is 0.210. The number of hydrogen-bond donors (Lipinski definition) is 3. The number of benzene rings is 1. The van der Waals surface area contributed by atoms with E-state index in [1.807, 2.05) is 50.2 Å². The molecule has 0 saturated carbocycles. The third-order valence-electron chi connectivity index (χ3n) is 4.68. The van der Waals surface area contributed by atoms with Crippen LogP contribution in [0.1, 0.15) is 27.5 Å². The van der Waals surface area contributed by atoms with Crippen molar-refractivity contribution in [2.75, 3.05) is 16.4 Å². The van der Waals surface area contributed by atoms with Gasteiger partial charge in [-0.25, -0.2) is 9.97 Å². The van der Waals surface area contributed by atoms with E-state index in [1.54, 1.807) is 12.4 Å². The highest BCUT2D eigenvalue weighted by Gasteiger charge is 2.15. The largest absolute Gasteiger partial charge is 0.382 e. The second-order valence-electron chi connectivity index (χ2n) is 6.93. The molecule has 1 aromatic carbocycles. The first kappa shape index (κ1) is 20.0. The lowest BCUT2D eigenvalue weighted by atomic mass is 10.1. The lowest BCUT2D eigenvalue weighted by Gasteiger charge is -2.10. The lowest BCUT2D eigenvalue weighted by molar-refractivity contribution is 0.102. The van der Waals surface area contributed by atoms with Crippen molar-refractivity contribution in [3.63, 3.8) is 0 Å². The predicted molar refractivity (Wildman–Crippen MR) is 117 cm³/mol. The minimum Gasteiger partial charge on any atom is -0.382 e. The average Bonchev–Trinajstić information content (AvgIpc) is 3.11. The summed E-state index contributed by atoms with van der Waals surface area (Å²) < 4.78 is 5.16. The van der Waals surface area contributed by atoms with E-state index in [1.165, 1.54) is 6.20 Å². The third kappa shape index (κ3) is 4.50. The number of aromatic nitrogens is 4. The molecule has 156 valence electrons. The molecule has 0 radical (unpaired) electrons. The van der Waals surface area contributed by atoms with Gasteiger partial charge in [0.15, 0.2) is 0 Å². The summed E-state index contributed by atoms with van der Waals surface area (Å²) in [5.74, 6) is 0.743. The van der Waals surface area contributed by atoms with Crippen molar-refractivity contribution in [3.8, 4) is 11.3 Å². The summed E-state index contributed by atoms with van der Waals surface area (Å²) in [6.07, 6.45) is 4.62. The standard InChI is InChI=1S/C22H21N7O2/c1-13-20(14(2)31-29-13)18-11-27-19(12-26-18)22(30)28-16-6-3-5-15(9-16)10-25-17-7-4-8-24-21(17)23/h3-9,11-12,25H,10H2,1-2H3,(H2,23,24)(H,28,30). The van der Waals surface area contributed by atoms with Gasteiger partial charge in [-0.2, -0.15) is 0 Å². The Labute approximate surface area is 178 Å². The molecule has 4 N–H and O–H groups in total. The molecule has 31 heavy (non-hydrogen) atoms. The summed E-state index contributed by atoms with van der Waals surface area (Å²) in [7, 11) is 0. The van der Waals surface area contributed by atoms with Gasteiger partial charge in [0.25, 0.3) is 5.91 Å². The van der Waals surface area contributed by atoms with Gasteiger partial charge in [-0.05, 0) is 43.7 Å². The van der Waals surface area contributed by atoms with Crippen LogP contribution in [0.15, 0.2) is 59.5 Å². The highest BCUT2D eigenvalue weighted by Crippen LogP contribution is 2.24. The van der Waals surface area contributed by atoms with Gasteiger partial charge in [0.2, 0.25) is 0 Å². The normalized spacial score (nSPS) is 10.6. The monoisotopic (exact) mass is 415 g/mol. The molecular weight excluding hydrogens is 394 g/mol. The molecular formula is C22H21N7O2. The fourth-order valence-electron chi connectivity index (χ4n) is 3.14. The first-order valence-corrected chi connectivity index (χ1v) is 9.61. The first-order chi connectivity index (χ1) is 15.0. The number of nitrogens with zero attached hydrogens (tertiary/aromatic N) is 4. The Morgan fingerprint density at radius 2 is 1.97 bits per heavy atom. The quantitative estimate of drug-likeness (QED) is 0.435. The molecule has 0 bridgehead atoms. The molecule has 0 aliphatic heterocycles.